The Morgan fingerprint density at radius 1 is 1.31 bits per heavy atom. The Hall–Kier alpha value is -2.85. The van der Waals surface area contributed by atoms with E-state index in [0.29, 0.717) is 29.1 Å². The van der Waals surface area contributed by atoms with Crippen LogP contribution in [-0.2, 0) is 16.1 Å². The van der Waals surface area contributed by atoms with Gasteiger partial charge in [0, 0.05) is 48.3 Å². The second kappa shape index (κ2) is 10.2. The van der Waals surface area contributed by atoms with Crippen molar-refractivity contribution in [2.24, 2.45) is 0 Å². The smallest absolute Gasteiger partial charge is 0.422 e. The molecule has 0 radical (unpaired) electrons. The number of nitrogens with zero attached hydrogens (tertiary/aromatic N) is 1. The molecular weight excluding hydrogens is 449 g/mol. The number of carbonyl (C=O) groups excluding carboxylic acids is 2. The zero-order valence-corrected chi connectivity index (χ0v) is 17.9. The minimum absolute atomic E-state index is 0.0826. The van der Waals surface area contributed by atoms with Gasteiger partial charge in [0.05, 0.1) is 0 Å². The van der Waals surface area contributed by atoms with Crippen molar-refractivity contribution in [3.63, 3.8) is 0 Å². The summed E-state index contributed by atoms with van der Waals surface area (Å²) in [4.78, 5) is 27.8. The van der Waals surface area contributed by atoms with Crippen LogP contribution in [0.4, 0.5) is 13.2 Å². The van der Waals surface area contributed by atoms with Crippen LogP contribution < -0.4 is 20.7 Å². The van der Waals surface area contributed by atoms with Gasteiger partial charge in [-0.2, -0.15) is 13.2 Å². The quantitative estimate of drug-likeness (QED) is 0.575. The van der Waals surface area contributed by atoms with Crippen LogP contribution in [0, 0.1) is 0 Å². The van der Waals surface area contributed by atoms with Gasteiger partial charge in [0.1, 0.15) is 6.17 Å². The topological polar surface area (TPSA) is 92.4 Å². The van der Waals surface area contributed by atoms with Gasteiger partial charge in [0.2, 0.25) is 17.7 Å². The lowest BCUT2D eigenvalue weighted by Gasteiger charge is -2.32. The van der Waals surface area contributed by atoms with Gasteiger partial charge < -0.3 is 15.4 Å². The number of amides is 2. The summed E-state index contributed by atoms with van der Waals surface area (Å²) in [5.41, 5.74) is 2.06. The van der Waals surface area contributed by atoms with E-state index < -0.39 is 25.0 Å². The predicted octanol–water partition coefficient (Wildman–Crippen LogP) is 3.55. The minimum Gasteiger partial charge on any atom is -0.468 e. The minimum atomic E-state index is -4.45. The molecule has 2 unspecified atom stereocenters. The van der Waals surface area contributed by atoms with Crippen LogP contribution >= 0.6 is 11.6 Å². The molecule has 32 heavy (non-hydrogen) atoms. The maximum Gasteiger partial charge on any atom is 0.422 e. The predicted molar refractivity (Wildman–Crippen MR) is 111 cm³/mol. The monoisotopic (exact) mass is 470 g/mol. The molecular formula is C21H22ClF3N4O3. The Labute approximate surface area is 187 Å². The molecule has 0 bridgehead atoms. The SMILES string of the molecule is CCC(=O)NCc1ccc(Cl)c(C2NC(=O)CC(c3ccc(OCC(F)(F)F)nc3)N2)c1. The number of ether oxygens (including phenoxy) is 1. The molecule has 2 heterocycles. The summed E-state index contributed by atoms with van der Waals surface area (Å²) in [6, 6.07) is 7.73. The van der Waals surface area contributed by atoms with Gasteiger partial charge >= 0.3 is 6.18 Å². The van der Waals surface area contributed by atoms with Gasteiger partial charge in [-0.3, -0.25) is 14.9 Å². The van der Waals surface area contributed by atoms with Crippen LogP contribution in [0.1, 0.15) is 48.7 Å². The van der Waals surface area contributed by atoms with Gasteiger partial charge in [-0.15, -0.1) is 0 Å². The first kappa shape index (κ1) is 23.8. The molecule has 172 valence electrons. The van der Waals surface area contributed by atoms with Crippen LogP contribution in [0.5, 0.6) is 5.88 Å². The molecule has 2 amide bonds. The summed E-state index contributed by atoms with van der Waals surface area (Å²) in [5.74, 6) is -0.467. The Bertz CT molecular complexity index is 970. The first-order valence-electron chi connectivity index (χ1n) is 9.90. The third-order valence-electron chi connectivity index (χ3n) is 4.79. The number of hydrogen-bond donors (Lipinski definition) is 3. The van der Waals surface area contributed by atoms with Gasteiger partial charge in [-0.25, -0.2) is 4.98 Å². The van der Waals surface area contributed by atoms with E-state index in [1.165, 1.54) is 12.3 Å². The number of alkyl halides is 3. The lowest BCUT2D eigenvalue weighted by Crippen LogP contribution is -2.46. The van der Waals surface area contributed by atoms with Crippen LogP contribution in [0.2, 0.25) is 5.02 Å². The molecule has 1 aliphatic heterocycles. The molecule has 1 aliphatic rings. The highest BCUT2D eigenvalue weighted by atomic mass is 35.5. The van der Waals surface area contributed by atoms with Crippen molar-refractivity contribution in [1.82, 2.24) is 20.9 Å². The maximum absolute atomic E-state index is 12.3. The van der Waals surface area contributed by atoms with Gasteiger partial charge in [0.25, 0.3) is 0 Å². The van der Waals surface area contributed by atoms with Crippen LogP contribution in [-0.4, -0.2) is 29.6 Å². The van der Waals surface area contributed by atoms with Gasteiger partial charge in [0.15, 0.2) is 6.61 Å². The van der Waals surface area contributed by atoms with Crippen LogP contribution in [0.25, 0.3) is 0 Å². The Balaban J connectivity index is 1.72. The van der Waals surface area contributed by atoms with Crippen molar-refractivity contribution in [2.75, 3.05) is 6.61 Å². The molecule has 1 saturated heterocycles. The molecule has 1 aromatic heterocycles. The van der Waals surface area contributed by atoms with Crippen molar-refractivity contribution >= 4 is 23.4 Å². The van der Waals surface area contributed by atoms with E-state index in [1.54, 1.807) is 31.2 Å². The van der Waals surface area contributed by atoms with E-state index in [0.717, 1.165) is 5.56 Å². The number of benzene rings is 1. The fourth-order valence-corrected chi connectivity index (χ4v) is 3.40. The van der Waals surface area contributed by atoms with Crippen molar-refractivity contribution in [3.05, 3.63) is 58.2 Å². The normalized spacial score (nSPS) is 18.7. The molecule has 2 atom stereocenters. The van der Waals surface area contributed by atoms with Gasteiger partial charge in [-0.1, -0.05) is 30.7 Å². The molecule has 11 heteroatoms. The van der Waals surface area contributed by atoms with E-state index in [4.69, 9.17) is 11.6 Å². The largest absolute Gasteiger partial charge is 0.468 e. The fraction of sp³-hybridized carbons (Fsp3) is 0.381. The van der Waals surface area contributed by atoms with E-state index in [-0.39, 0.29) is 24.1 Å². The highest BCUT2D eigenvalue weighted by Crippen LogP contribution is 2.30. The lowest BCUT2D eigenvalue weighted by molar-refractivity contribution is -0.154. The molecule has 0 spiro atoms. The molecule has 3 N–H and O–H groups in total. The van der Waals surface area contributed by atoms with Gasteiger partial charge in [-0.05, 0) is 23.3 Å². The average Bonchev–Trinajstić information content (AvgIpc) is 2.76. The Morgan fingerprint density at radius 3 is 2.75 bits per heavy atom. The number of rotatable bonds is 7. The number of aromatic nitrogens is 1. The molecule has 2 aromatic rings. The van der Waals surface area contributed by atoms with Crippen LogP contribution in [0.15, 0.2) is 36.5 Å². The number of halogens is 4. The first-order valence-corrected chi connectivity index (χ1v) is 10.3. The van der Waals surface area contributed by atoms with Crippen molar-refractivity contribution < 1.29 is 27.5 Å². The summed E-state index contributed by atoms with van der Waals surface area (Å²) in [6.07, 6.45) is -3.20. The van der Waals surface area contributed by atoms with Crippen molar-refractivity contribution in [3.8, 4) is 5.88 Å². The van der Waals surface area contributed by atoms with Crippen molar-refractivity contribution in [1.29, 1.82) is 0 Å². The highest BCUT2D eigenvalue weighted by molar-refractivity contribution is 6.31. The fourth-order valence-electron chi connectivity index (χ4n) is 3.18. The van der Waals surface area contributed by atoms with E-state index >= 15 is 0 Å². The summed E-state index contributed by atoms with van der Waals surface area (Å²) in [7, 11) is 0. The third kappa shape index (κ3) is 6.57. The molecule has 1 aromatic carbocycles. The molecule has 1 fully saturated rings. The standard InChI is InChI=1S/C21H22ClF3N4O3/c1-2-17(30)26-9-12-3-5-15(22)14(7-12)20-28-16(8-18(31)29-20)13-4-6-19(27-10-13)32-11-21(23,24)25/h3-7,10,16,20,28H,2,8-9,11H2,1H3,(H,26,30)(H,29,31). The van der Waals surface area contributed by atoms with E-state index in [1.807, 2.05) is 0 Å². The number of hydrogen-bond acceptors (Lipinski definition) is 5. The Kier molecular flexibility index (Phi) is 7.57. The summed E-state index contributed by atoms with van der Waals surface area (Å²) in [5, 5.41) is 9.32. The summed E-state index contributed by atoms with van der Waals surface area (Å²) < 4.78 is 41.5. The zero-order valence-electron chi connectivity index (χ0n) is 17.1. The van der Waals surface area contributed by atoms with Crippen LogP contribution in [0.3, 0.4) is 0 Å². The second-order valence-corrected chi connectivity index (χ2v) is 7.65. The van der Waals surface area contributed by atoms with Crippen molar-refractivity contribution in [2.45, 2.75) is 44.7 Å². The first-order chi connectivity index (χ1) is 15.1. The summed E-state index contributed by atoms with van der Waals surface area (Å²) >= 11 is 6.35. The third-order valence-corrected chi connectivity index (χ3v) is 5.13. The summed E-state index contributed by atoms with van der Waals surface area (Å²) in [6.45, 7) is 0.650. The molecule has 3 rings (SSSR count). The van der Waals surface area contributed by atoms with E-state index in [9.17, 15) is 22.8 Å². The lowest BCUT2D eigenvalue weighted by atomic mass is 9.99. The second-order valence-electron chi connectivity index (χ2n) is 7.24. The Morgan fingerprint density at radius 2 is 2.09 bits per heavy atom. The maximum atomic E-state index is 12.3. The molecule has 7 nitrogen and oxygen atoms in total. The molecule has 0 aliphatic carbocycles. The van der Waals surface area contributed by atoms with E-state index in [2.05, 4.69) is 25.7 Å². The number of pyridine rings is 1. The number of nitrogens with one attached hydrogen (secondary N) is 3. The molecule has 0 saturated carbocycles. The zero-order chi connectivity index (χ0) is 23.3. The average molecular weight is 471 g/mol. The highest BCUT2D eigenvalue weighted by Gasteiger charge is 2.30. The number of carbonyl (C=O) groups is 2.